The smallest absolute Gasteiger partial charge is 0.306 e. The van der Waals surface area contributed by atoms with Gasteiger partial charge in [0.25, 0.3) is 0 Å². The summed E-state index contributed by atoms with van der Waals surface area (Å²) < 4.78 is 16.9. The van der Waals surface area contributed by atoms with E-state index in [1.165, 1.54) is 238 Å². The van der Waals surface area contributed by atoms with Crippen molar-refractivity contribution in [3.63, 3.8) is 0 Å². The van der Waals surface area contributed by atoms with E-state index in [-0.39, 0.29) is 31.1 Å². The van der Waals surface area contributed by atoms with Gasteiger partial charge in [-0.1, -0.05) is 304 Å². The maximum atomic E-state index is 12.8. The molecule has 0 heterocycles. The number of ether oxygens (including phenoxy) is 3. The van der Waals surface area contributed by atoms with Crippen LogP contribution in [0.4, 0.5) is 0 Å². The molecule has 0 saturated carbocycles. The minimum absolute atomic E-state index is 0.0616. The predicted octanol–water partition coefficient (Wildman–Crippen LogP) is 19.8. The lowest BCUT2D eigenvalue weighted by Crippen LogP contribution is -2.30. The van der Waals surface area contributed by atoms with Crippen LogP contribution in [0.5, 0.6) is 0 Å². The van der Waals surface area contributed by atoms with Crippen LogP contribution in [0.1, 0.15) is 342 Å². The molecule has 0 amide bonds. The zero-order valence-electron chi connectivity index (χ0n) is 45.2. The van der Waals surface area contributed by atoms with Crippen molar-refractivity contribution in [2.75, 3.05) is 13.2 Å². The lowest BCUT2D eigenvalue weighted by molar-refractivity contribution is -0.167. The third-order valence-electron chi connectivity index (χ3n) is 14.2. The van der Waals surface area contributed by atoms with Crippen LogP contribution in [0, 0.1) is 5.92 Å². The Hall–Kier alpha value is -1.59. The normalized spacial score (nSPS) is 12.4. The Balaban J connectivity index is 4.25. The maximum absolute atomic E-state index is 12.8. The van der Waals surface area contributed by atoms with E-state index in [0.29, 0.717) is 19.3 Å². The molecule has 1 unspecified atom stereocenters. The second-order valence-electron chi connectivity index (χ2n) is 20.9. The molecule has 0 aliphatic rings. The number of rotatable bonds is 55. The van der Waals surface area contributed by atoms with Gasteiger partial charge < -0.3 is 14.2 Å². The standard InChI is InChI=1S/C60H116O6/c1-5-8-10-12-14-16-18-20-21-22-23-24-28-32-35-39-43-47-51-58(61)64-54-57(66-60(63)53-49-45-41-37-31-19-17-15-13-11-9-6-2)55-65-59(62)52-48-44-40-36-33-29-26-25-27-30-34-38-42-46-50-56(4)7-3/h56-57H,5-55H2,1-4H3/t56?,57-/m0/s1. The fraction of sp³-hybridized carbons (Fsp3) is 0.950. The molecular weight excluding hydrogens is 817 g/mol. The average molecular weight is 934 g/mol. The summed E-state index contributed by atoms with van der Waals surface area (Å²) >= 11 is 0. The number of esters is 3. The first-order valence-corrected chi connectivity index (χ1v) is 29.9. The SMILES string of the molecule is CCCCCCCCCCCCCCCCCCCCC(=O)OC[C@@H](COC(=O)CCCCCCCCCCCCCCCCC(C)CC)OC(=O)CCCCCCCCCCCCCC. The lowest BCUT2D eigenvalue weighted by Gasteiger charge is -2.18. The second kappa shape index (κ2) is 54.4. The van der Waals surface area contributed by atoms with Crippen LogP contribution in [0.2, 0.25) is 0 Å². The van der Waals surface area contributed by atoms with Gasteiger partial charge >= 0.3 is 17.9 Å². The van der Waals surface area contributed by atoms with E-state index in [1.54, 1.807) is 0 Å². The van der Waals surface area contributed by atoms with E-state index in [9.17, 15) is 14.4 Å². The van der Waals surface area contributed by atoms with Gasteiger partial charge in [-0.3, -0.25) is 14.4 Å². The average Bonchev–Trinajstić information content (AvgIpc) is 3.32. The maximum Gasteiger partial charge on any atom is 0.306 e. The molecule has 66 heavy (non-hydrogen) atoms. The van der Waals surface area contributed by atoms with E-state index < -0.39 is 6.10 Å². The molecule has 0 rings (SSSR count). The van der Waals surface area contributed by atoms with Gasteiger partial charge in [0, 0.05) is 19.3 Å². The molecule has 0 aromatic heterocycles. The molecule has 0 aliphatic heterocycles. The lowest BCUT2D eigenvalue weighted by atomic mass is 9.99. The minimum Gasteiger partial charge on any atom is -0.462 e. The van der Waals surface area contributed by atoms with Crippen molar-refractivity contribution in [1.29, 1.82) is 0 Å². The van der Waals surface area contributed by atoms with Crippen LogP contribution in [0.3, 0.4) is 0 Å². The zero-order valence-corrected chi connectivity index (χ0v) is 45.2. The Morgan fingerprint density at radius 2 is 0.530 bits per heavy atom. The monoisotopic (exact) mass is 933 g/mol. The highest BCUT2D eigenvalue weighted by Gasteiger charge is 2.19. The van der Waals surface area contributed by atoms with Crippen molar-refractivity contribution < 1.29 is 28.6 Å². The summed E-state index contributed by atoms with van der Waals surface area (Å²) in [7, 11) is 0. The summed E-state index contributed by atoms with van der Waals surface area (Å²) in [5.74, 6) is 0.0623. The number of carbonyl (C=O) groups excluding carboxylic acids is 3. The number of hydrogen-bond donors (Lipinski definition) is 0. The molecule has 6 heteroatoms. The van der Waals surface area contributed by atoms with Crippen LogP contribution < -0.4 is 0 Å². The molecule has 0 aromatic rings. The Morgan fingerprint density at radius 3 is 0.788 bits per heavy atom. The van der Waals surface area contributed by atoms with E-state index in [0.717, 1.165) is 63.7 Å². The number of unbranched alkanes of at least 4 members (excludes halogenated alkanes) is 41. The van der Waals surface area contributed by atoms with Crippen molar-refractivity contribution in [2.45, 2.75) is 348 Å². The van der Waals surface area contributed by atoms with E-state index in [4.69, 9.17) is 14.2 Å². The van der Waals surface area contributed by atoms with E-state index in [1.807, 2.05) is 0 Å². The van der Waals surface area contributed by atoms with Gasteiger partial charge in [-0.2, -0.15) is 0 Å². The molecule has 0 aromatic carbocycles. The van der Waals surface area contributed by atoms with Gasteiger partial charge in [0.15, 0.2) is 6.10 Å². The van der Waals surface area contributed by atoms with E-state index >= 15 is 0 Å². The van der Waals surface area contributed by atoms with Gasteiger partial charge in [0.1, 0.15) is 13.2 Å². The van der Waals surface area contributed by atoms with E-state index in [2.05, 4.69) is 27.7 Å². The molecule has 2 atom stereocenters. The Labute approximate surface area is 412 Å². The Bertz CT molecular complexity index is 998. The third kappa shape index (κ3) is 51.8. The van der Waals surface area contributed by atoms with Crippen molar-refractivity contribution >= 4 is 17.9 Å². The summed E-state index contributed by atoms with van der Waals surface area (Å²) in [5.41, 5.74) is 0. The summed E-state index contributed by atoms with van der Waals surface area (Å²) in [5, 5.41) is 0. The van der Waals surface area contributed by atoms with Crippen molar-refractivity contribution in [1.82, 2.24) is 0 Å². The van der Waals surface area contributed by atoms with Gasteiger partial charge in [-0.15, -0.1) is 0 Å². The molecule has 0 N–H and O–H groups in total. The highest BCUT2D eigenvalue weighted by molar-refractivity contribution is 5.71. The second-order valence-corrected chi connectivity index (χ2v) is 20.9. The first kappa shape index (κ1) is 64.4. The fourth-order valence-corrected chi connectivity index (χ4v) is 9.25. The summed E-state index contributed by atoms with van der Waals surface area (Å²) in [6, 6.07) is 0. The Kier molecular flexibility index (Phi) is 53.0. The highest BCUT2D eigenvalue weighted by Crippen LogP contribution is 2.19. The van der Waals surface area contributed by atoms with Crippen molar-refractivity contribution in [3.8, 4) is 0 Å². The van der Waals surface area contributed by atoms with Crippen molar-refractivity contribution in [2.24, 2.45) is 5.92 Å². The van der Waals surface area contributed by atoms with Gasteiger partial charge in [-0.25, -0.2) is 0 Å². The van der Waals surface area contributed by atoms with Gasteiger partial charge in [0.05, 0.1) is 0 Å². The molecule has 0 spiro atoms. The highest BCUT2D eigenvalue weighted by atomic mass is 16.6. The van der Waals surface area contributed by atoms with Crippen LogP contribution in [-0.2, 0) is 28.6 Å². The zero-order chi connectivity index (χ0) is 48.1. The van der Waals surface area contributed by atoms with Crippen LogP contribution in [-0.4, -0.2) is 37.2 Å². The Morgan fingerprint density at radius 1 is 0.303 bits per heavy atom. The first-order valence-electron chi connectivity index (χ1n) is 29.9. The number of hydrogen-bond acceptors (Lipinski definition) is 6. The molecular formula is C60H116O6. The molecule has 0 saturated heterocycles. The van der Waals surface area contributed by atoms with Crippen molar-refractivity contribution in [3.05, 3.63) is 0 Å². The molecule has 392 valence electrons. The van der Waals surface area contributed by atoms with Crippen LogP contribution >= 0.6 is 0 Å². The summed E-state index contributed by atoms with van der Waals surface area (Å²) in [6.07, 6.45) is 59.4. The quantitative estimate of drug-likeness (QED) is 0.0343. The molecule has 0 bridgehead atoms. The molecule has 6 nitrogen and oxygen atoms in total. The molecule has 0 radical (unpaired) electrons. The topological polar surface area (TPSA) is 78.9 Å². The largest absolute Gasteiger partial charge is 0.462 e. The van der Waals surface area contributed by atoms with Gasteiger partial charge in [-0.05, 0) is 25.2 Å². The predicted molar refractivity (Wildman–Crippen MR) is 284 cm³/mol. The van der Waals surface area contributed by atoms with Crippen LogP contribution in [0.25, 0.3) is 0 Å². The number of carbonyl (C=O) groups is 3. The van der Waals surface area contributed by atoms with Crippen LogP contribution in [0.15, 0.2) is 0 Å². The summed E-state index contributed by atoms with van der Waals surface area (Å²) in [4.78, 5) is 38.2. The molecule has 0 fully saturated rings. The fourth-order valence-electron chi connectivity index (χ4n) is 9.25. The first-order chi connectivity index (χ1) is 32.4. The third-order valence-corrected chi connectivity index (χ3v) is 14.2. The summed E-state index contributed by atoms with van der Waals surface area (Å²) in [6.45, 7) is 9.10. The van der Waals surface area contributed by atoms with Gasteiger partial charge in [0.2, 0.25) is 0 Å². The molecule has 0 aliphatic carbocycles. The minimum atomic E-state index is -0.762.